The Bertz CT molecular complexity index is 301. The monoisotopic (exact) mass is 209 g/mol. The van der Waals surface area contributed by atoms with Crippen molar-refractivity contribution in [3.05, 3.63) is 0 Å². The van der Waals surface area contributed by atoms with Gasteiger partial charge in [-0.05, 0) is 26.7 Å². The van der Waals surface area contributed by atoms with E-state index in [1.165, 1.54) is 4.90 Å². The molecule has 0 aliphatic carbocycles. The van der Waals surface area contributed by atoms with Crippen LogP contribution in [0.2, 0.25) is 0 Å². The van der Waals surface area contributed by atoms with Crippen LogP contribution in [-0.2, 0) is 4.79 Å². The number of nitriles is 1. The van der Waals surface area contributed by atoms with Crippen LogP contribution in [0.1, 0.15) is 26.7 Å². The van der Waals surface area contributed by atoms with Crippen LogP contribution in [0, 0.1) is 16.7 Å². The van der Waals surface area contributed by atoms with Crippen molar-refractivity contribution >= 4 is 11.9 Å². The molecular formula is C10H15N3O2. The second-order valence-electron chi connectivity index (χ2n) is 4.30. The maximum absolute atomic E-state index is 11.2. The van der Waals surface area contributed by atoms with E-state index in [-0.39, 0.29) is 23.9 Å². The molecule has 1 fully saturated rings. The molecule has 0 unspecified atom stereocenters. The molecular weight excluding hydrogens is 194 g/mol. The molecule has 0 bridgehead atoms. The number of hydrogen-bond donors (Lipinski definition) is 1. The molecule has 1 aliphatic rings. The van der Waals surface area contributed by atoms with Gasteiger partial charge in [-0.15, -0.1) is 0 Å². The third-order valence-electron chi connectivity index (χ3n) is 2.42. The van der Waals surface area contributed by atoms with Crippen LogP contribution in [-0.4, -0.2) is 29.9 Å². The molecule has 1 rings (SSSR count). The van der Waals surface area contributed by atoms with E-state index in [0.29, 0.717) is 19.4 Å². The number of nitrogens with one attached hydrogen (secondary N) is 1. The van der Waals surface area contributed by atoms with Crippen LogP contribution in [0.25, 0.3) is 0 Å². The molecule has 1 aliphatic heterocycles. The summed E-state index contributed by atoms with van der Waals surface area (Å²) in [6.45, 7) is 4.19. The fourth-order valence-electron chi connectivity index (χ4n) is 1.42. The lowest BCUT2D eigenvalue weighted by atomic mass is 9.90. The summed E-state index contributed by atoms with van der Waals surface area (Å²) in [4.78, 5) is 23.5. The van der Waals surface area contributed by atoms with Crippen molar-refractivity contribution in [1.82, 2.24) is 10.2 Å². The highest BCUT2D eigenvalue weighted by atomic mass is 16.2. The molecule has 0 aromatic heterocycles. The van der Waals surface area contributed by atoms with Gasteiger partial charge in [0.2, 0.25) is 5.91 Å². The van der Waals surface area contributed by atoms with Gasteiger partial charge in [0.15, 0.2) is 0 Å². The van der Waals surface area contributed by atoms with Crippen molar-refractivity contribution < 1.29 is 9.59 Å². The first-order valence-electron chi connectivity index (χ1n) is 4.96. The van der Waals surface area contributed by atoms with Crippen molar-refractivity contribution in [2.24, 2.45) is 5.41 Å². The Morgan fingerprint density at radius 2 is 2.20 bits per heavy atom. The highest BCUT2D eigenvalue weighted by molar-refractivity contribution is 6.01. The Labute approximate surface area is 89.0 Å². The zero-order valence-corrected chi connectivity index (χ0v) is 9.04. The third kappa shape index (κ3) is 2.94. The van der Waals surface area contributed by atoms with E-state index in [2.05, 4.69) is 11.4 Å². The topological polar surface area (TPSA) is 73.2 Å². The first-order chi connectivity index (χ1) is 6.96. The van der Waals surface area contributed by atoms with Gasteiger partial charge < -0.3 is 5.32 Å². The normalized spacial score (nSPS) is 16.5. The van der Waals surface area contributed by atoms with Gasteiger partial charge in [0, 0.05) is 6.54 Å². The molecule has 5 heteroatoms. The lowest BCUT2D eigenvalue weighted by Gasteiger charge is -2.17. The van der Waals surface area contributed by atoms with Gasteiger partial charge in [-0.25, -0.2) is 4.79 Å². The van der Waals surface area contributed by atoms with Gasteiger partial charge in [-0.2, -0.15) is 5.26 Å². The summed E-state index contributed by atoms with van der Waals surface area (Å²) in [6.07, 6.45) is 1.35. The van der Waals surface area contributed by atoms with Crippen molar-refractivity contribution in [2.45, 2.75) is 26.7 Å². The highest BCUT2D eigenvalue weighted by Gasteiger charge is 2.28. The van der Waals surface area contributed by atoms with E-state index in [0.717, 1.165) is 0 Å². The van der Waals surface area contributed by atoms with Crippen LogP contribution >= 0.6 is 0 Å². The van der Waals surface area contributed by atoms with E-state index in [4.69, 9.17) is 5.26 Å². The molecule has 5 nitrogen and oxygen atoms in total. The average molecular weight is 209 g/mol. The first-order valence-corrected chi connectivity index (χ1v) is 4.96. The second kappa shape index (κ2) is 4.30. The zero-order valence-electron chi connectivity index (χ0n) is 9.04. The number of carbonyl (C=O) groups is 2. The van der Waals surface area contributed by atoms with Crippen LogP contribution in [0.5, 0.6) is 0 Å². The predicted octanol–water partition coefficient (Wildman–Crippen LogP) is 0.868. The van der Waals surface area contributed by atoms with Gasteiger partial charge in [0.1, 0.15) is 0 Å². The molecule has 0 aromatic carbocycles. The van der Waals surface area contributed by atoms with Crippen LogP contribution in [0.15, 0.2) is 0 Å². The van der Waals surface area contributed by atoms with E-state index in [9.17, 15) is 9.59 Å². The van der Waals surface area contributed by atoms with E-state index < -0.39 is 0 Å². The molecule has 82 valence electrons. The summed E-state index contributed by atoms with van der Waals surface area (Å²) < 4.78 is 0. The minimum absolute atomic E-state index is 0.0977. The van der Waals surface area contributed by atoms with Gasteiger partial charge in [-0.1, -0.05) is 0 Å². The minimum Gasteiger partial charge on any atom is -0.329 e. The number of carbonyl (C=O) groups excluding carboxylic acids is 2. The SMILES string of the molecule is CC(C)(C#N)CCCN1C(=O)CNC1=O. The quantitative estimate of drug-likeness (QED) is 0.698. The molecule has 0 radical (unpaired) electrons. The Morgan fingerprint density at radius 3 is 2.67 bits per heavy atom. The average Bonchev–Trinajstić information content (AvgIpc) is 2.49. The molecule has 0 spiro atoms. The molecule has 0 saturated carbocycles. The maximum atomic E-state index is 11.2. The van der Waals surface area contributed by atoms with Crippen molar-refractivity contribution in [1.29, 1.82) is 5.26 Å². The number of imide groups is 1. The number of nitrogens with zero attached hydrogens (tertiary/aromatic N) is 2. The molecule has 0 atom stereocenters. The summed E-state index contributed by atoms with van der Waals surface area (Å²) in [5, 5.41) is 11.2. The Hall–Kier alpha value is -1.57. The largest absolute Gasteiger partial charge is 0.329 e. The van der Waals surface area contributed by atoms with Gasteiger partial charge in [0.25, 0.3) is 0 Å². The van der Waals surface area contributed by atoms with Gasteiger partial charge in [-0.3, -0.25) is 9.69 Å². The van der Waals surface area contributed by atoms with Crippen molar-refractivity contribution in [3.8, 4) is 6.07 Å². The number of amides is 3. The van der Waals surface area contributed by atoms with Crippen LogP contribution in [0.3, 0.4) is 0 Å². The lowest BCUT2D eigenvalue weighted by Crippen LogP contribution is -2.32. The highest BCUT2D eigenvalue weighted by Crippen LogP contribution is 2.20. The fourth-order valence-corrected chi connectivity index (χ4v) is 1.42. The summed E-state index contributed by atoms with van der Waals surface area (Å²) in [5.41, 5.74) is -0.390. The van der Waals surface area contributed by atoms with Crippen molar-refractivity contribution in [3.63, 3.8) is 0 Å². The van der Waals surface area contributed by atoms with E-state index >= 15 is 0 Å². The molecule has 3 amide bonds. The van der Waals surface area contributed by atoms with E-state index in [1.54, 1.807) is 0 Å². The van der Waals surface area contributed by atoms with Gasteiger partial charge in [0.05, 0.1) is 18.0 Å². The molecule has 0 aromatic rings. The first kappa shape index (κ1) is 11.5. The number of urea groups is 1. The minimum atomic E-state index is -0.390. The lowest BCUT2D eigenvalue weighted by molar-refractivity contribution is -0.125. The molecule has 1 heterocycles. The van der Waals surface area contributed by atoms with Crippen LogP contribution < -0.4 is 5.32 Å². The van der Waals surface area contributed by atoms with E-state index in [1.807, 2.05) is 13.8 Å². The predicted molar refractivity (Wildman–Crippen MR) is 53.7 cm³/mol. The number of rotatable bonds is 4. The molecule has 1 saturated heterocycles. The number of hydrogen-bond acceptors (Lipinski definition) is 3. The molecule has 1 N–H and O–H groups in total. The fraction of sp³-hybridized carbons (Fsp3) is 0.700. The van der Waals surface area contributed by atoms with Crippen LogP contribution in [0.4, 0.5) is 4.79 Å². The summed E-state index contributed by atoms with van der Waals surface area (Å²) in [6, 6.07) is 1.86. The summed E-state index contributed by atoms with van der Waals surface area (Å²) in [5.74, 6) is -0.185. The molecule has 15 heavy (non-hydrogen) atoms. The Kier molecular flexibility index (Phi) is 3.30. The standard InChI is InChI=1S/C10H15N3O2/c1-10(2,7-11)4-3-5-13-8(14)6-12-9(13)15/h3-6H2,1-2H3,(H,12,15). The van der Waals surface area contributed by atoms with Crippen molar-refractivity contribution in [2.75, 3.05) is 13.1 Å². The van der Waals surface area contributed by atoms with Gasteiger partial charge >= 0.3 is 6.03 Å². The smallest absolute Gasteiger partial charge is 0.324 e. The Balaban J connectivity index is 2.35. The Morgan fingerprint density at radius 1 is 1.53 bits per heavy atom. The summed E-state index contributed by atoms with van der Waals surface area (Å²) in [7, 11) is 0. The second-order valence-corrected chi connectivity index (χ2v) is 4.30. The zero-order chi connectivity index (χ0) is 11.5. The maximum Gasteiger partial charge on any atom is 0.324 e. The third-order valence-corrected chi connectivity index (χ3v) is 2.42. The summed E-state index contributed by atoms with van der Waals surface area (Å²) >= 11 is 0.